The van der Waals surface area contributed by atoms with E-state index in [1.165, 1.54) is 23.0 Å². The van der Waals surface area contributed by atoms with E-state index in [1.807, 2.05) is 0 Å². The molecule has 2 rings (SSSR count). The molecule has 0 fully saturated rings. The number of benzene rings is 1. The lowest BCUT2D eigenvalue weighted by molar-refractivity contribution is 0.0696. The van der Waals surface area contributed by atoms with Crippen LogP contribution in [0.1, 0.15) is 10.4 Å². The normalized spacial score (nSPS) is 10.4. The second-order valence-corrected chi connectivity index (χ2v) is 3.77. The maximum absolute atomic E-state index is 13.4. The van der Waals surface area contributed by atoms with Gasteiger partial charge >= 0.3 is 5.97 Å². The summed E-state index contributed by atoms with van der Waals surface area (Å²) in [5, 5.41) is 12.6. The zero-order valence-corrected chi connectivity index (χ0v) is 9.48. The van der Waals surface area contributed by atoms with Gasteiger partial charge in [-0.3, -0.25) is 0 Å². The molecule has 1 aromatic carbocycles. The molecule has 0 atom stereocenters. The van der Waals surface area contributed by atoms with Gasteiger partial charge < -0.3 is 5.11 Å². The minimum absolute atomic E-state index is 0.0109. The molecule has 0 aliphatic rings. The fourth-order valence-electron chi connectivity index (χ4n) is 1.27. The van der Waals surface area contributed by atoms with E-state index in [-0.39, 0.29) is 15.9 Å². The molecule has 0 saturated carbocycles. The Morgan fingerprint density at radius 2 is 2.12 bits per heavy atom. The first kappa shape index (κ1) is 10.8. The summed E-state index contributed by atoms with van der Waals surface area (Å²) in [6.45, 7) is 0. The molecule has 6 heteroatoms. The van der Waals surface area contributed by atoms with E-state index in [0.29, 0.717) is 0 Å². The minimum Gasteiger partial charge on any atom is -0.478 e. The number of carboxylic acid groups (broad SMARTS) is 1. The van der Waals surface area contributed by atoms with Gasteiger partial charge in [0.1, 0.15) is 21.7 Å². The van der Waals surface area contributed by atoms with E-state index < -0.39 is 11.8 Å². The van der Waals surface area contributed by atoms with Crippen LogP contribution in [0.2, 0.25) is 0 Å². The molecular formula is C10H6BrFN2O2. The van der Waals surface area contributed by atoms with Crippen LogP contribution in [-0.2, 0) is 0 Å². The van der Waals surface area contributed by atoms with Crippen molar-refractivity contribution in [3.05, 3.63) is 46.4 Å². The van der Waals surface area contributed by atoms with Crippen LogP contribution in [0, 0.1) is 5.82 Å². The van der Waals surface area contributed by atoms with Crippen molar-refractivity contribution >= 4 is 21.9 Å². The van der Waals surface area contributed by atoms with Crippen LogP contribution in [0.15, 0.2) is 35.1 Å². The van der Waals surface area contributed by atoms with E-state index >= 15 is 0 Å². The molecule has 4 nitrogen and oxygen atoms in total. The van der Waals surface area contributed by atoms with E-state index in [4.69, 9.17) is 5.11 Å². The Bertz CT molecular complexity index is 554. The number of para-hydroxylation sites is 1. The third kappa shape index (κ3) is 1.71. The van der Waals surface area contributed by atoms with Crippen LogP contribution < -0.4 is 0 Å². The van der Waals surface area contributed by atoms with Gasteiger partial charge in [-0.15, -0.1) is 0 Å². The van der Waals surface area contributed by atoms with Gasteiger partial charge in [-0.2, -0.15) is 5.10 Å². The second kappa shape index (κ2) is 4.05. The van der Waals surface area contributed by atoms with Crippen molar-refractivity contribution in [2.75, 3.05) is 0 Å². The molecule has 1 aromatic heterocycles. The topological polar surface area (TPSA) is 55.1 Å². The van der Waals surface area contributed by atoms with Gasteiger partial charge in [0.15, 0.2) is 0 Å². The highest BCUT2D eigenvalue weighted by atomic mass is 79.9. The first-order valence-corrected chi connectivity index (χ1v) is 5.12. The lowest BCUT2D eigenvalue weighted by Crippen LogP contribution is -2.01. The molecule has 0 aliphatic heterocycles. The van der Waals surface area contributed by atoms with Crippen LogP contribution in [0.4, 0.5) is 4.39 Å². The number of carbonyl (C=O) groups is 1. The quantitative estimate of drug-likeness (QED) is 0.922. The van der Waals surface area contributed by atoms with Crippen LogP contribution in [0.25, 0.3) is 5.69 Å². The second-order valence-electron chi connectivity index (χ2n) is 3.02. The number of nitrogens with zero attached hydrogens (tertiary/aromatic N) is 2. The minimum atomic E-state index is -1.12. The number of halogens is 2. The highest BCUT2D eigenvalue weighted by Gasteiger charge is 2.16. The summed E-state index contributed by atoms with van der Waals surface area (Å²) in [5.74, 6) is -1.59. The first-order chi connectivity index (χ1) is 7.61. The molecular weight excluding hydrogens is 279 g/mol. The van der Waals surface area contributed by atoms with Crippen molar-refractivity contribution in [2.45, 2.75) is 0 Å². The molecule has 0 amide bonds. The molecule has 0 spiro atoms. The third-order valence-corrected chi connectivity index (χ3v) is 2.78. The Hall–Kier alpha value is -1.69. The number of aromatic nitrogens is 2. The molecule has 82 valence electrons. The average molecular weight is 285 g/mol. The molecule has 0 radical (unpaired) electrons. The van der Waals surface area contributed by atoms with E-state index in [2.05, 4.69) is 21.0 Å². The Labute approximate surface area is 98.4 Å². The van der Waals surface area contributed by atoms with Crippen molar-refractivity contribution in [2.24, 2.45) is 0 Å². The Morgan fingerprint density at radius 1 is 1.44 bits per heavy atom. The predicted octanol–water partition coefficient (Wildman–Crippen LogP) is 2.47. The molecule has 0 saturated heterocycles. The Balaban J connectivity index is 2.58. The summed E-state index contributed by atoms with van der Waals surface area (Å²) in [4.78, 5) is 10.8. The summed E-state index contributed by atoms with van der Waals surface area (Å²) in [7, 11) is 0. The fourth-order valence-corrected chi connectivity index (χ4v) is 1.82. The standard InChI is InChI=1S/C10H6BrFN2O2/c11-9-6(10(15)16)5-13-14(9)8-4-2-1-3-7(8)12/h1-5H,(H,15,16). The lowest BCUT2D eigenvalue weighted by atomic mass is 10.3. The zero-order chi connectivity index (χ0) is 11.7. The van der Waals surface area contributed by atoms with Crippen LogP contribution >= 0.6 is 15.9 Å². The van der Waals surface area contributed by atoms with Gasteiger partial charge in [0.05, 0.1) is 6.20 Å². The predicted molar refractivity (Wildman–Crippen MR) is 58.2 cm³/mol. The monoisotopic (exact) mass is 284 g/mol. The van der Waals surface area contributed by atoms with Crippen molar-refractivity contribution in [1.29, 1.82) is 0 Å². The van der Waals surface area contributed by atoms with Crippen LogP contribution in [0.5, 0.6) is 0 Å². The molecule has 1 heterocycles. The van der Waals surface area contributed by atoms with E-state index in [1.54, 1.807) is 12.1 Å². The van der Waals surface area contributed by atoms with Crippen molar-refractivity contribution < 1.29 is 14.3 Å². The van der Waals surface area contributed by atoms with Gasteiger partial charge in [0.2, 0.25) is 0 Å². The summed E-state index contributed by atoms with van der Waals surface area (Å²) < 4.78 is 14.8. The average Bonchev–Trinajstić information content (AvgIpc) is 2.61. The number of rotatable bonds is 2. The Kier molecular flexibility index (Phi) is 2.74. The van der Waals surface area contributed by atoms with Crippen molar-refractivity contribution in [3.63, 3.8) is 0 Å². The maximum Gasteiger partial charge on any atom is 0.340 e. The molecule has 2 aromatic rings. The van der Waals surface area contributed by atoms with Crippen LogP contribution in [-0.4, -0.2) is 20.9 Å². The van der Waals surface area contributed by atoms with Gasteiger partial charge in [-0.05, 0) is 28.1 Å². The fraction of sp³-hybridized carbons (Fsp3) is 0. The molecule has 16 heavy (non-hydrogen) atoms. The maximum atomic E-state index is 13.4. The largest absolute Gasteiger partial charge is 0.478 e. The van der Waals surface area contributed by atoms with Gasteiger partial charge in [0, 0.05) is 0 Å². The molecule has 0 aliphatic carbocycles. The van der Waals surface area contributed by atoms with Crippen molar-refractivity contribution in [1.82, 2.24) is 9.78 Å². The van der Waals surface area contributed by atoms with Crippen molar-refractivity contribution in [3.8, 4) is 5.69 Å². The van der Waals surface area contributed by atoms with E-state index in [9.17, 15) is 9.18 Å². The SMILES string of the molecule is O=C(O)c1cnn(-c2ccccc2F)c1Br. The number of aromatic carboxylic acids is 1. The van der Waals surface area contributed by atoms with Gasteiger partial charge in [0.25, 0.3) is 0 Å². The summed E-state index contributed by atoms with van der Waals surface area (Å²) in [5.41, 5.74) is 0.185. The summed E-state index contributed by atoms with van der Waals surface area (Å²) in [6, 6.07) is 5.99. The number of carboxylic acids is 1. The van der Waals surface area contributed by atoms with Gasteiger partial charge in [-0.1, -0.05) is 12.1 Å². The lowest BCUT2D eigenvalue weighted by Gasteiger charge is -2.04. The molecule has 0 unspecified atom stereocenters. The van der Waals surface area contributed by atoms with Crippen LogP contribution in [0.3, 0.4) is 0 Å². The zero-order valence-electron chi connectivity index (χ0n) is 7.89. The first-order valence-electron chi connectivity index (χ1n) is 4.33. The summed E-state index contributed by atoms with van der Waals surface area (Å²) >= 11 is 3.08. The summed E-state index contributed by atoms with van der Waals surface area (Å²) in [6.07, 6.45) is 1.17. The molecule has 0 bridgehead atoms. The number of hydrogen-bond donors (Lipinski definition) is 1. The highest BCUT2D eigenvalue weighted by molar-refractivity contribution is 9.10. The highest BCUT2D eigenvalue weighted by Crippen LogP contribution is 2.22. The Morgan fingerprint density at radius 3 is 2.69 bits per heavy atom. The van der Waals surface area contributed by atoms with E-state index in [0.717, 1.165) is 0 Å². The number of hydrogen-bond acceptors (Lipinski definition) is 2. The smallest absolute Gasteiger partial charge is 0.340 e. The third-order valence-electron chi connectivity index (χ3n) is 2.02. The molecule has 1 N–H and O–H groups in total. The van der Waals surface area contributed by atoms with Gasteiger partial charge in [-0.25, -0.2) is 13.9 Å².